The van der Waals surface area contributed by atoms with Crippen LogP contribution in [0.5, 0.6) is 0 Å². The number of anilines is 1. The lowest BCUT2D eigenvalue weighted by molar-refractivity contribution is 0.731. The number of nitroso groups, excluding NO2 is 1. The molecule has 1 aromatic heterocycles. The fraction of sp³-hybridized carbons (Fsp3) is 0.150. The molecule has 1 heterocycles. The summed E-state index contributed by atoms with van der Waals surface area (Å²) in [5.74, 6) is 0. The van der Waals surface area contributed by atoms with E-state index in [1.165, 1.54) is 0 Å². The molecule has 2 aromatic carbocycles. The van der Waals surface area contributed by atoms with Crippen LogP contribution in [0.15, 0.2) is 76.7 Å². The van der Waals surface area contributed by atoms with Gasteiger partial charge in [0.1, 0.15) is 0 Å². The van der Waals surface area contributed by atoms with E-state index in [9.17, 15) is 9.70 Å². The highest BCUT2D eigenvalue weighted by molar-refractivity contribution is 5.65. The van der Waals surface area contributed by atoms with Crippen molar-refractivity contribution in [3.05, 3.63) is 98.8 Å². The van der Waals surface area contributed by atoms with Crippen molar-refractivity contribution >= 4 is 11.4 Å². The maximum atomic E-state index is 12.7. The van der Waals surface area contributed by atoms with Gasteiger partial charge in [-0.3, -0.25) is 4.79 Å². The number of aryl methyl sites for hydroxylation is 1. The molecule has 5 heteroatoms. The molecule has 0 bridgehead atoms. The standard InChI is InChI=1S/C20H19N3O2/c1-15-12-18(21-13-16-8-4-2-5-9-16)19(22-25)20(24)23(15)14-17-10-6-3-7-11-17/h2-12,21H,13-14H2,1H3. The van der Waals surface area contributed by atoms with Crippen LogP contribution in [0.3, 0.4) is 0 Å². The highest BCUT2D eigenvalue weighted by Crippen LogP contribution is 2.23. The van der Waals surface area contributed by atoms with Crippen molar-refractivity contribution in [3.63, 3.8) is 0 Å². The minimum atomic E-state index is -0.380. The van der Waals surface area contributed by atoms with Crippen molar-refractivity contribution in [2.24, 2.45) is 5.18 Å². The number of nitrogens with zero attached hydrogens (tertiary/aromatic N) is 2. The van der Waals surface area contributed by atoms with Crippen LogP contribution < -0.4 is 10.9 Å². The van der Waals surface area contributed by atoms with E-state index < -0.39 is 0 Å². The average Bonchev–Trinajstić information content (AvgIpc) is 2.65. The second-order valence-corrected chi connectivity index (χ2v) is 5.86. The molecule has 0 saturated heterocycles. The topological polar surface area (TPSA) is 63.5 Å². The Morgan fingerprint density at radius 3 is 2.16 bits per heavy atom. The van der Waals surface area contributed by atoms with Gasteiger partial charge in [-0.1, -0.05) is 60.7 Å². The summed E-state index contributed by atoms with van der Waals surface area (Å²) in [7, 11) is 0. The monoisotopic (exact) mass is 333 g/mol. The fourth-order valence-corrected chi connectivity index (χ4v) is 2.74. The molecule has 0 aliphatic carbocycles. The molecule has 0 spiro atoms. The fourth-order valence-electron chi connectivity index (χ4n) is 2.74. The third kappa shape index (κ3) is 3.83. The van der Waals surface area contributed by atoms with E-state index in [1.807, 2.05) is 67.6 Å². The zero-order valence-corrected chi connectivity index (χ0v) is 14.0. The molecule has 3 aromatic rings. The normalized spacial score (nSPS) is 10.4. The Balaban J connectivity index is 1.90. The molecule has 126 valence electrons. The van der Waals surface area contributed by atoms with E-state index >= 15 is 0 Å². The van der Waals surface area contributed by atoms with Crippen LogP contribution in [0.25, 0.3) is 0 Å². The van der Waals surface area contributed by atoms with Crippen LogP contribution in [0.2, 0.25) is 0 Å². The summed E-state index contributed by atoms with van der Waals surface area (Å²) in [5.41, 5.74) is 2.83. The van der Waals surface area contributed by atoms with E-state index in [0.29, 0.717) is 18.8 Å². The van der Waals surface area contributed by atoms with Gasteiger partial charge < -0.3 is 9.88 Å². The summed E-state index contributed by atoms with van der Waals surface area (Å²) in [4.78, 5) is 24.0. The molecule has 25 heavy (non-hydrogen) atoms. The Kier molecular flexibility index (Phi) is 5.04. The van der Waals surface area contributed by atoms with Crippen LogP contribution in [0.4, 0.5) is 11.4 Å². The summed E-state index contributed by atoms with van der Waals surface area (Å²) in [6.45, 7) is 2.78. The van der Waals surface area contributed by atoms with Crippen LogP contribution in [-0.4, -0.2) is 4.57 Å². The van der Waals surface area contributed by atoms with Gasteiger partial charge in [-0.2, -0.15) is 0 Å². The van der Waals surface area contributed by atoms with Crippen molar-refractivity contribution in [1.29, 1.82) is 0 Å². The van der Waals surface area contributed by atoms with Crippen molar-refractivity contribution in [2.45, 2.75) is 20.0 Å². The molecule has 0 aliphatic rings. The SMILES string of the molecule is Cc1cc(NCc2ccccc2)c(N=O)c(=O)n1Cc1ccccc1. The lowest BCUT2D eigenvalue weighted by atomic mass is 10.2. The molecule has 0 atom stereocenters. The molecule has 0 amide bonds. The summed E-state index contributed by atoms with van der Waals surface area (Å²) in [6.07, 6.45) is 0. The van der Waals surface area contributed by atoms with Crippen LogP contribution in [-0.2, 0) is 13.1 Å². The van der Waals surface area contributed by atoms with Crippen molar-refractivity contribution in [1.82, 2.24) is 4.57 Å². The maximum Gasteiger partial charge on any atom is 0.282 e. The lowest BCUT2D eigenvalue weighted by Crippen LogP contribution is -2.23. The average molecular weight is 333 g/mol. The molecule has 0 radical (unpaired) electrons. The molecule has 5 nitrogen and oxygen atoms in total. The van der Waals surface area contributed by atoms with Gasteiger partial charge in [-0.15, -0.1) is 4.91 Å². The Labute approximate surface area is 145 Å². The van der Waals surface area contributed by atoms with Gasteiger partial charge >= 0.3 is 0 Å². The number of aromatic nitrogens is 1. The first kappa shape index (κ1) is 16.6. The number of pyridine rings is 1. The number of hydrogen-bond acceptors (Lipinski definition) is 4. The third-order valence-electron chi connectivity index (χ3n) is 4.08. The Morgan fingerprint density at radius 2 is 1.56 bits per heavy atom. The zero-order valence-electron chi connectivity index (χ0n) is 14.0. The van der Waals surface area contributed by atoms with E-state index in [1.54, 1.807) is 10.6 Å². The molecule has 0 aliphatic heterocycles. The van der Waals surface area contributed by atoms with Gasteiger partial charge in [0.15, 0.2) is 5.69 Å². The van der Waals surface area contributed by atoms with Crippen molar-refractivity contribution < 1.29 is 0 Å². The smallest absolute Gasteiger partial charge is 0.282 e. The second-order valence-electron chi connectivity index (χ2n) is 5.86. The molecule has 1 N–H and O–H groups in total. The van der Waals surface area contributed by atoms with E-state index in [4.69, 9.17) is 0 Å². The summed E-state index contributed by atoms with van der Waals surface area (Å²) in [5, 5.41) is 6.13. The number of rotatable bonds is 6. The molecule has 0 unspecified atom stereocenters. The van der Waals surface area contributed by atoms with E-state index in [0.717, 1.165) is 16.8 Å². The van der Waals surface area contributed by atoms with Crippen LogP contribution in [0.1, 0.15) is 16.8 Å². The zero-order chi connectivity index (χ0) is 17.6. The van der Waals surface area contributed by atoms with Crippen molar-refractivity contribution in [3.8, 4) is 0 Å². The van der Waals surface area contributed by atoms with Crippen LogP contribution in [0, 0.1) is 11.8 Å². The highest BCUT2D eigenvalue weighted by Gasteiger charge is 2.14. The molecule has 0 saturated carbocycles. The minimum Gasteiger partial charge on any atom is -0.379 e. The van der Waals surface area contributed by atoms with E-state index in [-0.39, 0.29) is 11.2 Å². The molecule has 0 fully saturated rings. The Morgan fingerprint density at radius 1 is 0.960 bits per heavy atom. The lowest BCUT2D eigenvalue weighted by Gasteiger charge is -2.14. The van der Waals surface area contributed by atoms with Gasteiger partial charge in [0.05, 0.1) is 12.2 Å². The minimum absolute atomic E-state index is 0.0857. The molecule has 3 rings (SSSR count). The predicted octanol–water partition coefficient (Wildman–Crippen LogP) is 4.22. The van der Waals surface area contributed by atoms with Gasteiger partial charge in [-0.25, -0.2) is 0 Å². The van der Waals surface area contributed by atoms with Crippen molar-refractivity contribution in [2.75, 3.05) is 5.32 Å². The quantitative estimate of drug-likeness (QED) is 0.687. The molecular weight excluding hydrogens is 314 g/mol. The predicted molar refractivity (Wildman–Crippen MR) is 100 cm³/mol. The first-order valence-corrected chi connectivity index (χ1v) is 8.08. The maximum absolute atomic E-state index is 12.7. The van der Waals surface area contributed by atoms with Gasteiger partial charge in [0, 0.05) is 12.2 Å². The largest absolute Gasteiger partial charge is 0.379 e. The Bertz CT molecular complexity index is 919. The van der Waals surface area contributed by atoms with E-state index in [2.05, 4.69) is 10.5 Å². The summed E-state index contributed by atoms with van der Waals surface area (Å²) in [6, 6.07) is 21.2. The van der Waals surface area contributed by atoms with Gasteiger partial charge in [0.25, 0.3) is 5.56 Å². The van der Waals surface area contributed by atoms with Crippen LogP contribution >= 0.6 is 0 Å². The first-order valence-electron chi connectivity index (χ1n) is 8.08. The summed E-state index contributed by atoms with van der Waals surface area (Å²) < 4.78 is 1.57. The third-order valence-corrected chi connectivity index (χ3v) is 4.08. The summed E-state index contributed by atoms with van der Waals surface area (Å²) >= 11 is 0. The first-order chi connectivity index (χ1) is 12.2. The number of nitrogens with one attached hydrogen (secondary N) is 1. The molecular formula is C20H19N3O2. The van der Waals surface area contributed by atoms with Gasteiger partial charge in [0.2, 0.25) is 0 Å². The Hall–Kier alpha value is -3.21. The second kappa shape index (κ2) is 7.57. The number of hydrogen-bond donors (Lipinski definition) is 1. The highest BCUT2D eigenvalue weighted by atomic mass is 16.3. The number of benzene rings is 2. The van der Waals surface area contributed by atoms with Gasteiger partial charge in [-0.05, 0) is 29.3 Å².